The molecule has 0 spiro atoms. The predicted molar refractivity (Wildman–Crippen MR) is 65.1 cm³/mol. The van der Waals surface area contributed by atoms with Crippen molar-refractivity contribution in [1.82, 2.24) is 4.98 Å². The molecule has 0 aliphatic heterocycles. The number of hydrogen-bond acceptors (Lipinski definition) is 1. The molecule has 0 aliphatic carbocycles. The summed E-state index contributed by atoms with van der Waals surface area (Å²) < 4.78 is 24.5. The molecule has 0 bridgehead atoms. The summed E-state index contributed by atoms with van der Waals surface area (Å²) in [6.45, 7) is 1.77. The van der Waals surface area contributed by atoms with E-state index in [-0.39, 0.29) is 0 Å². The second kappa shape index (κ2) is 4.05. The van der Waals surface area contributed by atoms with E-state index < -0.39 is 6.85 Å². The van der Waals surface area contributed by atoms with Crippen LogP contribution in [0.15, 0.2) is 30.7 Å². The molecule has 2 aromatic heterocycles. The number of aryl methyl sites for hydroxylation is 4. The van der Waals surface area contributed by atoms with Gasteiger partial charge in [-0.3, -0.25) is 4.98 Å². The van der Waals surface area contributed by atoms with E-state index in [1.54, 1.807) is 18.6 Å². The maximum atomic E-state index is 7.54. The SMILES string of the molecule is [2H]C([2H])([2H])c1c[n+](C)c(-c2cnccc2C)cc1C. The smallest absolute Gasteiger partial charge is 0.214 e. The van der Waals surface area contributed by atoms with E-state index in [2.05, 4.69) is 4.98 Å². The van der Waals surface area contributed by atoms with Gasteiger partial charge in [0.1, 0.15) is 7.05 Å². The molecule has 2 heteroatoms. The highest BCUT2D eigenvalue weighted by Gasteiger charge is 2.13. The molecule has 16 heavy (non-hydrogen) atoms. The van der Waals surface area contributed by atoms with Gasteiger partial charge < -0.3 is 0 Å². The van der Waals surface area contributed by atoms with E-state index >= 15 is 0 Å². The Bertz CT molecular complexity index is 619. The Balaban J connectivity index is 2.63. The zero-order valence-corrected chi connectivity index (χ0v) is 9.78. The second-order valence-corrected chi connectivity index (χ2v) is 4.06. The summed E-state index contributed by atoms with van der Waals surface area (Å²) in [5, 5.41) is 0. The minimum atomic E-state index is -2.08. The number of hydrogen-bond donors (Lipinski definition) is 0. The summed E-state index contributed by atoms with van der Waals surface area (Å²) in [5.74, 6) is 0. The normalized spacial score (nSPS) is 14.1. The third-order valence-corrected chi connectivity index (χ3v) is 2.80. The van der Waals surface area contributed by atoms with Crippen LogP contribution in [0.3, 0.4) is 0 Å². The molecule has 2 nitrogen and oxygen atoms in total. The van der Waals surface area contributed by atoms with Gasteiger partial charge in [0.05, 0.1) is 5.56 Å². The van der Waals surface area contributed by atoms with Crippen LogP contribution >= 0.6 is 0 Å². The summed E-state index contributed by atoms with van der Waals surface area (Å²) in [5.41, 5.74) is 4.27. The molecule has 0 aromatic carbocycles. The maximum Gasteiger partial charge on any atom is 0.214 e. The molecule has 0 radical (unpaired) electrons. The van der Waals surface area contributed by atoms with E-state index in [1.807, 2.05) is 37.6 Å². The van der Waals surface area contributed by atoms with Gasteiger partial charge in [-0.2, -0.15) is 0 Å². The quantitative estimate of drug-likeness (QED) is 0.669. The van der Waals surface area contributed by atoms with Gasteiger partial charge in [-0.15, -0.1) is 0 Å². The Morgan fingerprint density at radius 3 is 2.75 bits per heavy atom. The van der Waals surface area contributed by atoms with Crippen molar-refractivity contribution < 1.29 is 8.68 Å². The van der Waals surface area contributed by atoms with Crippen LogP contribution in [0.5, 0.6) is 0 Å². The Morgan fingerprint density at radius 2 is 2.06 bits per heavy atom. The van der Waals surface area contributed by atoms with Crippen molar-refractivity contribution in [3.63, 3.8) is 0 Å². The van der Waals surface area contributed by atoms with Crippen molar-refractivity contribution in [3.05, 3.63) is 47.4 Å². The highest BCUT2D eigenvalue weighted by atomic mass is 14.9. The lowest BCUT2D eigenvalue weighted by molar-refractivity contribution is -0.660. The fourth-order valence-electron chi connectivity index (χ4n) is 1.75. The second-order valence-electron chi connectivity index (χ2n) is 4.06. The van der Waals surface area contributed by atoms with E-state index in [0.29, 0.717) is 5.56 Å². The predicted octanol–water partition coefficient (Wildman–Crippen LogP) is 2.50. The van der Waals surface area contributed by atoms with Crippen LogP contribution in [-0.4, -0.2) is 4.98 Å². The summed E-state index contributed by atoms with van der Waals surface area (Å²) in [4.78, 5) is 4.14. The number of pyridine rings is 2. The molecule has 2 aromatic rings. The molecule has 0 N–H and O–H groups in total. The zero-order valence-electron chi connectivity index (χ0n) is 12.8. The van der Waals surface area contributed by atoms with Crippen LogP contribution in [0.2, 0.25) is 0 Å². The average Bonchev–Trinajstić information content (AvgIpc) is 2.31. The first kappa shape index (κ1) is 7.55. The van der Waals surface area contributed by atoms with Gasteiger partial charge in [-0.05, 0) is 37.9 Å². The van der Waals surface area contributed by atoms with Crippen LogP contribution in [0.4, 0.5) is 0 Å². The van der Waals surface area contributed by atoms with E-state index in [1.165, 1.54) is 0 Å². The minimum absolute atomic E-state index is 0.389. The molecule has 82 valence electrons. The minimum Gasteiger partial charge on any atom is -0.264 e. The first-order chi connectivity index (χ1) is 8.80. The standard InChI is InChI=1S/C14H17N2/c1-10-5-6-15-8-13(10)14-7-11(2)12(3)9-16(14)4/h5-9H,1-4H3/q+1/i3D3. The van der Waals surface area contributed by atoms with Gasteiger partial charge in [-0.25, -0.2) is 4.57 Å². The van der Waals surface area contributed by atoms with Crippen molar-refractivity contribution in [2.75, 3.05) is 0 Å². The molecular formula is C14H17N2+. The van der Waals surface area contributed by atoms with Gasteiger partial charge in [0.2, 0.25) is 5.69 Å². The van der Waals surface area contributed by atoms with E-state index in [9.17, 15) is 0 Å². The molecule has 2 rings (SSSR count). The van der Waals surface area contributed by atoms with Gasteiger partial charge in [0.15, 0.2) is 6.20 Å². The molecule has 2 heterocycles. The van der Waals surface area contributed by atoms with Crippen molar-refractivity contribution in [3.8, 4) is 11.3 Å². The lowest BCUT2D eigenvalue weighted by Gasteiger charge is -2.06. The monoisotopic (exact) mass is 216 g/mol. The van der Waals surface area contributed by atoms with Gasteiger partial charge in [-0.1, -0.05) is 0 Å². The highest BCUT2D eigenvalue weighted by Crippen LogP contribution is 2.20. The zero-order chi connectivity index (χ0) is 14.2. The molecule has 0 unspecified atom stereocenters. The number of aromatic nitrogens is 2. The Morgan fingerprint density at radius 1 is 1.25 bits per heavy atom. The first-order valence-corrected chi connectivity index (χ1v) is 5.22. The largest absolute Gasteiger partial charge is 0.264 e. The highest BCUT2D eigenvalue weighted by molar-refractivity contribution is 5.60. The fourth-order valence-corrected chi connectivity index (χ4v) is 1.75. The van der Waals surface area contributed by atoms with Crippen LogP contribution in [-0.2, 0) is 7.05 Å². The Hall–Kier alpha value is -1.70. The third-order valence-electron chi connectivity index (χ3n) is 2.80. The van der Waals surface area contributed by atoms with Crippen LogP contribution in [0.1, 0.15) is 20.8 Å². The van der Waals surface area contributed by atoms with Crippen LogP contribution in [0, 0.1) is 20.7 Å². The van der Waals surface area contributed by atoms with Crippen molar-refractivity contribution >= 4 is 0 Å². The molecule has 0 aliphatic rings. The van der Waals surface area contributed by atoms with Crippen molar-refractivity contribution in [2.45, 2.75) is 20.7 Å². The summed E-state index contributed by atoms with van der Waals surface area (Å²) in [6.07, 6.45) is 5.24. The maximum absolute atomic E-state index is 7.54. The molecular weight excluding hydrogens is 196 g/mol. The van der Waals surface area contributed by atoms with E-state index in [4.69, 9.17) is 4.11 Å². The fraction of sp³-hybridized carbons (Fsp3) is 0.286. The summed E-state index contributed by atoms with van der Waals surface area (Å²) in [6, 6.07) is 3.86. The lowest BCUT2D eigenvalue weighted by Crippen LogP contribution is -2.31. The number of nitrogens with zero attached hydrogens (tertiary/aromatic N) is 2. The summed E-state index contributed by atoms with van der Waals surface area (Å²) >= 11 is 0. The third kappa shape index (κ3) is 1.83. The summed E-state index contributed by atoms with van der Waals surface area (Å²) in [7, 11) is 1.86. The molecule has 0 amide bonds. The van der Waals surface area contributed by atoms with E-state index in [0.717, 1.165) is 22.4 Å². The Kier molecular flexibility index (Phi) is 1.91. The van der Waals surface area contributed by atoms with Crippen molar-refractivity contribution in [1.29, 1.82) is 0 Å². The lowest BCUT2D eigenvalue weighted by atomic mass is 10.0. The molecule has 0 saturated carbocycles. The first-order valence-electron chi connectivity index (χ1n) is 6.72. The topological polar surface area (TPSA) is 16.8 Å². The van der Waals surface area contributed by atoms with Crippen molar-refractivity contribution in [2.24, 2.45) is 7.05 Å². The van der Waals surface area contributed by atoms with Crippen LogP contribution in [0.25, 0.3) is 11.3 Å². The van der Waals surface area contributed by atoms with Gasteiger partial charge >= 0.3 is 0 Å². The van der Waals surface area contributed by atoms with Gasteiger partial charge in [0.25, 0.3) is 0 Å². The van der Waals surface area contributed by atoms with Gasteiger partial charge in [0, 0.05) is 28.1 Å². The average molecular weight is 216 g/mol. The molecule has 0 fully saturated rings. The number of rotatable bonds is 1. The molecule has 0 saturated heterocycles. The molecule has 0 atom stereocenters. The van der Waals surface area contributed by atoms with Crippen LogP contribution < -0.4 is 4.57 Å². The Labute approximate surface area is 101 Å².